The monoisotopic (exact) mass is 448 g/mol. The van der Waals surface area contributed by atoms with Gasteiger partial charge in [0, 0.05) is 38.4 Å². The summed E-state index contributed by atoms with van der Waals surface area (Å²) in [6, 6.07) is 13.8. The summed E-state index contributed by atoms with van der Waals surface area (Å²) in [4.78, 5) is 24.3. The SMILES string of the molecule is COc1ccc(CNc2ncnc(N3CCN(c4cccc(C)c4C)CC3)c2[N+](=O)[O-])cc1. The molecule has 33 heavy (non-hydrogen) atoms. The van der Waals surface area contributed by atoms with E-state index in [2.05, 4.69) is 52.2 Å². The molecule has 1 aliphatic rings. The lowest BCUT2D eigenvalue weighted by Crippen LogP contribution is -2.47. The van der Waals surface area contributed by atoms with Gasteiger partial charge >= 0.3 is 5.69 Å². The molecule has 0 spiro atoms. The molecule has 1 aliphatic heterocycles. The Kier molecular flexibility index (Phi) is 6.58. The van der Waals surface area contributed by atoms with Crippen molar-refractivity contribution < 1.29 is 9.66 Å². The van der Waals surface area contributed by atoms with Crippen molar-refractivity contribution in [1.29, 1.82) is 0 Å². The van der Waals surface area contributed by atoms with E-state index in [9.17, 15) is 10.1 Å². The summed E-state index contributed by atoms with van der Waals surface area (Å²) in [5.74, 6) is 1.33. The predicted molar refractivity (Wildman–Crippen MR) is 129 cm³/mol. The molecule has 9 heteroatoms. The van der Waals surface area contributed by atoms with Crippen molar-refractivity contribution in [2.45, 2.75) is 20.4 Å². The molecule has 1 N–H and O–H groups in total. The number of anilines is 3. The third kappa shape index (κ3) is 4.82. The number of rotatable bonds is 7. The normalized spacial score (nSPS) is 13.7. The van der Waals surface area contributed by atoms with Crippen LogP contribution in [0.4, 0.5) is 23.0 Å². The Hall–Kier alpha value is -3.88. The first kappa shape index (κ1) is 22.3. The molecule has 1 fully saturated rings. The maximum atomic E-state index is 12.0. The number of hydrogen-bond acceptors (Lipinski definition) is 8. The van der Waals surface area contributed by atoms with Crippen molar-refractivity contribution in [3.05, 3.63) is 75.6 Å². The molecule has 2 heterocycles. The number of piperazine rings is 1. The smallest absolute Gasteiger partial charge is 0.353 e. The predicted octanol–water partition coefficient (Wildman–Crippen LogP) is 3.95. The van der Waals surface area contributed by atoms with Gasteiger partial charge in [-0.15, -0.1) is 0 Å². The van der Waals surface area contributed by atoms with Crippen LogP contribution in [0.1, 0.15) is 16.7 Å². The molecule has 0 atom stereocenters. The number of nitrogens with one attached hydrogen (secondary N) is 1. The largest absolute Gasteiger partial charge is 0.497 e. The minimum atomic E-state index is -0.400. The van der Waals surface area contributed by atoms with Crippen LogP contribution in [0.5, 0.6) is 5.75 Å². The molecule has 2 aromatic carbocycles. The molecule has 1 aromatic heterocycles. The Morgan fingerprint density at radius 1 is 1.03 bits per heavy atom. The van der Waals surface area contributed by atoms with E-state index in [4.69, 9.17) is 4.74 Å². The first-order valence-electron chi connectivity index (χ1n) is 10.9. The maximum absolute atomic E-state index is 12.0. The molecule has 0 aliphatic carbocycles. The van der Waals surface area contributed by atoms with Crippen LogP contribution in [0.25, 0.3) is 0 Å². The number of aryl methyl sites for hydroxylation is 1. The first-order valence-corrected chi connectivity index (χ1v) is 10.9. The number of benzene rings is 2. The lowest BCUT2D eigenvalue weighted by atomic mass is 10.1. The Balaban J connectivity index is 1.50. The van der Waals surface area contributed by atoms with Crippen molar-refractivity contribution in [3.63, 3.8) is 0 Å². The van der Waals surface area contributed by atoms with Crippen LogP contribution in [-0.4, -0.2) is 48.2 Å². The summed E-state index contributed by atoms with van der Waals surface area (Å²) < 4.78 is 5.17. The van der Waals surface area contributed by atoms with Crippen LogP contribution in [0.2, 0.25) is 0 Å². The van der Waals surface area contributed by atoms with Crippen molar-refractivity contribution in [3.8, 4) is 5.75 Å². The third-order valence-corrected chi connectivity index (χ3v) is 6.10. The van der Waals surface area contributed by atoms with Gasteiger partial charge in [-0.1, -0.05) is 24.3 Å². The zero-order valence-corrected chi connectivity index (χ0v) is 19.1. The number of nitro groups is 1. The van der Waals surface area contributed by atoms with E-state index in [1.54, 1.807) is 7.11 Å². The Labute approximate surface area is 193 Å². The fourth-order valence-corrected chi connectivity index (χ4v) is 4.06. The van der Waals surface area contributed by atoms with Gasteiger partial charge in [-0.05, 0) is 48.7 Å². The summed E-state index contributed by atoms with van der Waals surface area (Å²) in [5, 5.41) is 15.1. The van der Waals surface area contributed by atoms with Gasteiger partial charge in [0.25, 0.3) is 0 Å². The Bertz CT molecular complexity index is 1130. The summed E-state index contributed by atoms with van der Waals surface area (Å²) in [6.45, 7) is 7.46. The highest BCUT2D eigenvalue weighted by molar-refractivity contribution is 5.71. The molecule has 0 radical (unpaired) electrons. The average molecular weight is 449 g/mol. The van der Waals surface area contributed by atoms with E-state index in [1.165, 1.54) is 23.1 Å². The molecule has 0 bridgehead atoms. The van der Waals surface area contributed by atoms with Crippen LogP contribution in [0, 0.1) is 24.0 Å². The van der Waals surface area contributed by atoms with E-state index in [0.717, 1.165) is 24.4 Å². The first-order chi connectivity index (χ1) is 16.0. The number of ether oxygens (including phenoxy) is 1. The standard InChI is InChI=1S/C24H28N6O3/c1-17-5-4-6-21(18(17)2)28-11-13-29(14-12-28)24-22(30(31)32)23(26-16-27-24)25-15-19-7-9-20(33-3)10-8-19/h4-10,16H,11-15H2,1-3H3,(H,25,26,27). The number of nitrogens with zero attached hydrogens (tertiary/aromatic N) is 5. The second kappa shape index (κ2) is 9.72. The topological polar surface area (TPSA) is 96.7 Å². The van der Waals surface area contributed by atoms with E-state index >= 15 is 0 Å². The van der Waals surface area contributed by atoms with Crippen molar-refractivity contribution in [1.82, 2.24) is 9.97 Å². The lowest BCUT2D eigenvalue weighted by Gasteiger charge is -2.37. The van der Waals surface area contributed by atoms with Crippen molar-refractivity contribution in [2.75, 3.05) is 48.4 Å². The minimum absolute atomic E-state index is 0.0915. The van der Waals surface area contributed by atoms with Crippen molar-refractivity contribution >= 4 is 23.0 Å². The van der Waals surface area contributed by atoms with Gasteiger partial charge < -0.3 is 19.9 Å². The van der Waals surface area contributed by atoms with Gasteiger partial charge in [0.2, 0.25) is 11.6 Å². The summed E-state index contributed by atoms with van der Waals surface area (Å²) >= 11 is 0. The molecule has 0 saturated carbocycles. The Morgan fingerprint density at radius 3 is 2.39 bits per heavy atom. The van der Waals surface area contributed by atoms with E-state index in [1.807, 2.05) is 29.2 Å². The van der Waals surface area contributed by atoms with E-state index in [0.29, 0.717) is 25.5 Å². The van der Waals surface area contributed by atoms with Crippen molar-refractivity contribution in [2.24, 2.45) is 0 Å². The molecular weight excluding hydrogens is 420 g/mol. The van der Waals surface area contributed by atoms with Gasteiger partial charge in [0.15, 0.2) is 0 Å². The summed E-state index contributed by atoms with van der Waals surface area (Å²) in [6.07, 6.45) is 1.38. The molecule has 1 saturated heterocycles. The van der Waals surface area contributed by atoms with E-state index in [-0.39, 0.29) is 11.5 Å². The van der Waals surface area contributed by atoms with Gasteiger partial charge in [-0.3, -0.25) is 10.1 Å². The summed E-state index contributed by atoms with van der Waals surface area (Å²) in [7, 11) is 1.61. The zero-order chi connectivity index (χ0) is 23.4. The molecule has 172 valence electrons. The number of hydrogen-bond donors (Lipinski definition) is 1. The fourth-order valence-electron chi connectivity index (χ4n) is 4.06. The molecule has 0 amide bonds. The average Bonchev–Trinajstić information content (AvgIpc) is 2.84. The molecule has 4 rings (SSSR count). The quantitative estimate of drug-likeness (QED) is 0.429. The minimum Gasteiger partial charge on any atom is -0.497 e. The van der Waals surface area contributed by atoms with Crippen LogP contribution < -0.4 is 19.9 Å². The van der Waals surface area contributed by atoms with Crippen LogP contribution in [0.15, 0.2) is 48.8 Å². The highest BCUT2D eigenvalue weighted by Gasteiger charge is 2.29. The number of aromatic nitrogens is 2. The van der Waals surface area contributed by atoms with Gasteiger partial charge in [0.1, 0.15) is 12.1 Å². The second-order valence-corrected chi connectivity index (χ2v) is 8.05. The fraction of sp³-hybridized carbons (Fsp3) is 0.333. The molecule has 3 aromatic rings. The van der Waals surface area contributed by atoms with Crippen LogP contribution >= 0.6 is 0 Å². The van der Waals surface area contributed by atoms with Gasteiger partial charge in [-0.2, -0.15) is 0 Å². The second-order valence-electron chi connectivity index (χ2n) is 8.05. The van der Waals surface area contributed by atoms with Crippen LogP contribution in [0.3, 0.4) is 0 Å². The zero-order valence-electron chi connectivity index (χ0n) is 19.1. The molecule has 9 nitrogen and oxygen atoms in total. The van der Waals surface area contributed by atoms with E-state index < -0.39 is 4.92 Å². The maximum Gasteiger partial charge on any atom is 0.353 e. The molecule has 0 unspecified atom stereocenters. The van der Waals surface area contributed by atoms with Crippen LogP contribution in [-0.2, 0) is 6.54 Å². The highest BCUT2D eigenvalue weighted by atomic mass is 16.6. The third-order valence-electron chi connectivity index (χ3n) is 6.10. The number of methoxy groups -OCH3 is 1. The molecular formula is C24H28N6O3. The van der Waals surface area contributed by atoms with Gasteiger partial charge in [0.05, 0.1) is 12.0 Å². The lowest BCUT2D eigenvalue weighted by molar-refractivity contribution is -0.383. The summed E-state index contributed by atoms with van der Waals surface area (Å²) in [5.41, 5.74) is 4.62. The highest BCUT2D eigenvalue weighted by Crippen LogP contribution is 2.33. The Morgan fingerprint density at radius 2 is 1.73 bits per heavy atom. The van der Waals surface area contributed by atoms with Gasteiger partial charge in [-0.25, -0.2) is 9.97 Å².